The van der Waals surface area contributed by atoms with Gasteiger partial charge in [-0.1, -0.05) is 53.6 Å². The smallest absolute Gasteiger partial charge is 0.245 e. The summed E-state index contributed by atoms with van der Waals surface area (Å²) in [5.41, 5.74) is 10.4. The average molecular weight is 414 g/mol. The standard InChI is InChI=1S/C28H33N2O/c1-19-12-21(3)27(22(4)13-19)29-16-25(17-31-26-10-8-7-9-11-26)30(18-29)28-23(5)14-20(2)15-24(28)6/h7-15,18,25H,16-17H2,1-6H3/q+1. The lowest BCUT2D eigenvalue weighted by Gasteiger charge is -2.21. The van der Waals surface area contributed by atoms with Crippen LogP contribution in [-0.4, -0.2) is 30.1 Å². The Kier molecular flexibility index (Phi) is 5.86. The van der Waals surface area contributed by atoms with E-state index in [1.54, 1.807) is 0 Å². The second-order valence-electron chi connectivity index (χ2n) is 8.95. The highest BCUT2D eigenvalue weighted by Crippen LogP contribution is 2.32. The molecule has 0 aromatic heterocycles. The first-order valence-corrected chi connectivity index (χ1v) is 11.1. The maximum atomic E-state index is 6.22. The fraction of sp³-hybridized carbons (Fsp3) is 0.321. The Morgan fingerprint density at radius 1 is 0.806 bits per heavy atom. The van der Waals surface area contributed by atoms with Gasteiger partial charge in [-0.05, 0) is 75.9 Å². The van der Waals surface area contributed by atoms with Crippen LogP contribution < -0.4 is 9.64 Å². The van der Waals surface area contributed by atoms with E-state index in [4.69, 9.17) is 4.74 Å². The first kappa shape index (κ1) is 21.2. The fourth-order valence-electron chi connectivity index (χ4n) is 5.04. The quantitative estimate of drug-likeness (QED) is 0.464. The average Bonchev–Trinajstić information content (AvgIpc) is 3.08. The Bertz CT molecular complexity index is 1080. The normalized spacial score (nSPS) is 15.9. The molecule has 1 aliphatic rings. The zero-order chi connectivity index (χ0) is 22.1. The van der Waals surface area contributed by atoms with Crippen molar-refractivity contribution < 1.29 is 9.31 Å². The summed E-state index contributed by atoms with van der Waals surface area (Å²) in [4.78, 5) is 2.42. The van der Waals surface area contributed by atoms with E-state index in [1.807, 2.05) is 30.3 Å². The van der Waals surface area contributed by atoms with E-state index < -0.39 is 0 Å². The van der Waals surface area contributed by atoms with Gasteiger partial charge in [0.25, 0.3) is 0 Å². The number of benzene rings is 3. The molecule has 160 valence electrons. The lowest BCUT2D eigenvalue weighted by atomic mass is 10.0. The molecule has 1 heterocycles. The SMILES string of the molecule is Cc1cc(C)c(N2C=[N+](c3c(C)cc(C)cc3C)CC2COc2ccccc2)c(C)c1. The Hall–Kier alpha value is -3.07. The van der Waals surface area contributed by atoms with Gasteiger partial charge < -0.3 is 4.74 Å². The van der Waals surface area contributed by atoms with Gasteiger partial charge in [0, 0.05) is 0 Å². The third-order valence-corrected chi connectivity index (χ3v) is 6.07. The Labute approximate surface area is 186 Å². The predicted molar refractivity (Wildman–Crippen MR) is 130 cm³/mol. The molecule has 31 heavy (non-hydrogen) atoms. The largest absolute Gasteiger partial charge is 0.489 e. The maximum Gasteiger partial charge on any atom is 0.245 e. The molecule has 0 saturated carbocycles. The van der Waals surface area contributed by atoms with Crippen molar-refractivity contribution in [3.8, 4) is 5.75 Å². The number of hydrogen-bond donors (Lipinski definition) is 0. The molecule has 1 unspecified atom stereocenters. The lowest BCUT2D eigenvalue weighted by Crippen LogP contribution is -2.37. The van der Waals surface area contributed by atoms with Crippen LogP contribution in [0, 0.1) is 41.5 Å². The van der Waals surface area contributed by atoms with Gasteiger partial charge in [-0.2, -0.15) is 0 Å². The van der Waals surface area contributed by atoms with Gasteiger partial charge in [-0.3, -0.25) is 0 Å². The molecule has 3 aromatic rings. The van der Waals surface area contributed by atoms with Gasteiger partial charge in [0.05, 0.1) is 0 Å². The molecule has 1 aliphatic heterocycles. The molecular weight excluding hydrogens is 380 g/mol. The van der Waals surface area contributed by atoms with Crippen LogP contribution in [0.3, 0.4) is 0 Å². The molecule has 0 N–H and O–H groups in total. The third-order valence-electron chi connectivity index (χ3n) is 6.07. The van der Waals surface area contributed by atoms with Crippen LogP contribution >= 0.6 is 0 Å². The summed E-state index contributed by atoms with van der Waals surface area (Å²) >= 11 is 0. The summed E-state index contributed by atoms with van der Waals surface area (Å²) in [6.07, 6.45) is 2.29. The first-order valence-electron chi connectivity index (χ1n) is 11.1. The second-order valence-corrected chi connectivity index (χ2v) is 8.95. The highest BCUT2D eigenvalue weighted by molar-refractivity contribution is 5.83. The minimum atomic E-state index is 0.223. The molecule has 1 atom stereocenters. The molecule has 3 heteroatoms. The van der Waals surface area contributed by atoms with Crippen LogP contribution in [0.2, 0.25) is 0 Å². The molecule has 0 radical (unpaired) electrons. The lowest BCUT2D eigenvalue weighted by molar-refractivity contribution is -0.429. The highest BCUT2D eigenvalue weighted by atomic mass is 16.5. The van der Waals surface area contributed by atoms with Crippen molar-refractivity contribution in [1.82, 2.24) is 0 Å². The number of hydrogen-bond acceptors (Lipinski definition) is 2. The molecular formula is C28H33N2O+. The van der Waals surface area contributed by atoms with E-state index in [2.05, 4.69) is 81.6 Å². The molecule has 0 saturated heterocycles. The molecule has 0 amide bonds. The summed E-state index contributed by atoms with van der Waals surface area (Å²) < 4.78 is 8.63. The predicted octanol–water partition coefficient (Wildman–Crippen LogP) is 6.18. The van der Waals surface area contributed by atoms with E-state index in [0.717, 1.165) is 12.3 Å². The summed E-state index contributed by atoms with van der Waals surface area (Å²) in [5, 5.41) is 0. The molecule has 0 aliphatic carbocycles. The minimum absolute atomic E-state index is 0.223. The molecule has 0 bridgehead atoms. The van der Waals surface area contributed by atoms with Gasteiger partial charge >= 0.3 is 0 Å². The maximum absolute atomic E-state index is 6.22. The Morgan fingerprint density at radius 2 is 1.35 bits per heavy atom. The number of ether oxygens (including phenoxy) is 1. The van der Waals surface area contributed by atoms with Crippen LogP contribution in [-0.2, 0) is 0 Å². The monoisotopic (exact) mass is 413 g/mol. The van der Waals surface area contributed by atoms with Crippen molar-refractivity contribution in [2.75, 3.05) is 18.1 Å². The van der Waals surface area contributed by atoms with Crippen molar-refractivity contribution in [1.29, 1.82) is 0 Å². The van der Waals surface area contributed by atoms with E-state index in [9.17, 15) is 0 Å². The molecule has 3 nitrogen and oxygen atoms in total. The summed E-state index contributed by atoms with van der Waals surface area (Å²) in [7, 11) is 0. The topological polar surface area (TPSA) is 15.5 Å². The van der Waals surface area contributed by atoms with Gasteiger partial charge in [0.15, 0.2) is 6.04 Å². The molecule has 4 rings (SSSR count). The number of rotatable bonds is 5. The molecule has 0 fully saturated rings. The zero-order valence-corrected chi connectivity index (χ0v) is 19.6. The summed E-state index contributed by atoms with van der Waals surface area (Å²) in [5.74, 6) is 0.918. The summed E-state index contributed by atoms with van der Waals surface area (Å²) in [6.45, 7) is 14.7. The second kappa shape index (κ2) is 8.58. The van der Waals surface area contributed by atoms with Crippen LogP contribution in [0.25, 0.3) is 0 Å². The van der Waals surface area contributed by atoms with Crippen LogP contribution in [0.5, 0.6) is 5.75 Å². The number of para-hydroxylation sites is 1. The van der Waals surface area contributed by atoms with E-state index in [0.29, 0.717) is 6.61 Å². The number of aryl methyl sites for hydroxylation is 6. The van der Waals surface area contributed by atoms with Crippen molar-refractivity contribution in [3.05, 3.63) is 88.0 Å². The van der Waals surface area contributed by atoms with Crippen molar-refractivity contribution in [2.24, 2.45) is 0 Å². The summed E-state index contributed by atoms with van der Waals surface area (Å²) in [6, 6.07) is 19.4. The number of anilines is 1. The van der Waals surface area contributed by atoms with Crippen molar-refractivity contribution in [2.45, 2.75) is 47.6 Å². The molecule has 3 aromatic carbocycles. The highest BCUT2D eigenvalue weighted by Gasteiger charge is 2.37. The Morgan fingerprint density at radius 3 is 1.94 bits per heavy atom. The van der Waals surface area contributed by atoms with Crippen LogP contribution in [0.1, 0.15) is 33.4 Å². The van der Waals surface area contributed by atoms with Gasteiger partial charge in [0.2, 0.25) is 6.34 Å². The minimum Gasteiger partial charge on any atom is -0.489 e. The van der Waals surface area contributed by atoms with Gasteiger partial charge in [-0.25, -0.2) is 9.48 Å². The van der Waals surface area contributed by atoms with Crippen molar-refractivity contribution in [3.63, 3.8) is 0 Å². The Balaban J connectivity index is 1.73. The first-order chi connectivity index (χ1) is 14.8. The van der Waals surface area contributed by atoms with E-state index >= 15 is 0 Å². The van der Waals surface area contributed by atoms with Gasteiger partial charge in [-0.15, -0.1) is 0 Å². The molecule has 0 spiro atoms. The zero-order valence-electron chi connectivity index (χ0n) is 19.6. The third kappa shape index (κ3) is 4.36. The van der Waals surface area contributed by atoms with Crippen LogP contribution in [0.15, 0.2) is 54.6 Å². The van der Waals surface area contributed by atoms with E-state index in [1.165, 1.54) is 44.8 Å². The number of nitrogens with zero attached hydrogens (tertiary/aromatic N) is 2. The van der Waals surface area contributed by atoms with Gasteiger partial charge in [0.1, 0.15) is 30.3 Å². The van der Waals surface area contributed by atoms with E-state index in [-0.39, 0.29) is 6.04 Å². The fourth-order valence-corrected chi connectivity index (χ4v) is 5.04. The van der Waals surface area contributed by atoms with Crippen molar-refractivity contribution >= 4 is 17.7 Å². The van der Waals surface area contributed by atoms with Crippen LogP contribution in [0.4, 0.5) is 11.4 Å².